The molecule has 0 bridgehead atoms. The number of carbonyl (C=O) groups excluding carboxylic acids is 2. The van der Waals surface area contributed by atoms with E-state index in [0.717, 1.165) is 47.5 Å². The molecule has 9 atom stereocenters. The maximum absolute atomic E-state index is 13.7. The first-order valence-corrected chi connectivity index (χ1v) is 22.6. The van der Waals surface area contributed by atoms with Crippen LogP contribution in [-0.2, 0) is 41.7 Å². The summed E-state index contributed by atoms with van der Waals surface area (Å²) in [6, 6.07) is 20.8. The van der Waals surface area contributed by atoms with E-state index in [-0.39, 0.29) is 43.1 Å². The molecular weight excluding hydrogens is 789 g/mol. The monoisotopic (exact) mass is 861 g/mol. The van der Waals surface area contributed by atoms with Crippen molar-refractivity contribution in [3.05, 3.63) is 89.5 Å². The first-order chi connectivity index (χ1) is 30.1. The second-order valence-electron chi connectivity index (χ2n) is 16.9. The highest BCUT2D eigenvalue weighted by Gasteiger charge is 2.48. The van der Waals surface area contributed by atoms with Crippen molar-refractivity contribution in [3.8, 4) is 11.5 Å². The number of carbonyl (C=O) groups is 2. The van der Waals surface area contributed by atoms with Gasteiger partial charge in [-0.1, -0.05) is 102 Å². The molecule has 2 aliphatic rings. The number of nitrogens with two attached hydrogens (primary N) is 1. The second-order valence-corrected chi connectivity index (χ2v) is 16.9. The fourth-order valence-electron chi connectivity index (χ4n) is 8.13. The molecule has 2 saturated heterocycles. The average molecular weight is 861 g/mol. The lowest BCUT2D eigenvalue weighted by Crippen LogP contribution is -2.67. The van der Waals surface area contributed by atoms with Crippen molar-refractivity contribution in [2.24, 2.45) is 17.6 Å². The van der Waals surface area contributed by atoms with Gasteiger partial charge in [0.05, 0.1) is 71.5 Å². The van der Waals surface area contributed by atoms with Crippen LogP contribution in [0.25, 0.3) is 0 Å². The van der Waals surface area contributed by atoms with Crippen molar-refractivity contribution in [3.63, 3.8) is 0 Å². The van der Waals surface area contributed by atoms with Gasteiger partial charge in [0.1, 0.15) is 23.7 Å². The van der Waals surface area contributed by atoms with Crippen LogP contribution in [0.1, 0.15) is 95.2 Å². The summed E-state index contributed by atoms with van der Waals surface area (Å²) < 4.78 is 43.1. The van der Waals surface area contributed by atoms with E-state index in [1.807, 2.05) is 79.7 Å². The summed E-state index contributed by atoms with van der Waals surface area (Å²) in [5.41, 5.74) is 10.5. The molecule has 13 nitrogen and oxygen atoms in total. The summed E-state index contributed by atoms with van der Waals surface area (Å²) in [5, 5.41) is 9.40. The molecule has 2 fully saturated rings. The first-order valence-electron chi connectivity index (χ1n) is 22.6. The van der Waals surface area contributed by atoms with Crippen LogP contribution >= 0.6 is 0 Å². The van der Waals surface area contributed by atoms with Gasteiger partial charge in [0, 0.05) is 12.1 Å². The van der Waals surface area contributed by atoms with Crippen LogP contribution in [0.5, 0.6) is 11.5 Å². The molecule has 0 spiro atoms. The Bertz CT molecular complexity index is 1760. The number of aryl methyl sites for hydroxylation is 1. The van der Waals surface area contributed by atoms with E-state index in [1.54, 1.807) is 14.2 Å². The third kappa shape index (κ3) is 15.2. The predicted octanol–water partition coefficient (Wildman–Crippen LogP) is 8.06. The maximum atomic E-state index is 13.7. The van der Waals surface area contributed by atoms with Gasteiger partial charge in [0.15, 0.2) is 6.29 Å². The van der Waals surface area contributed by atoms with Gasteiger partial charge < -0.3 is 54.8 Å². The number of methoxy groups -OCH3 is 2. The summed E-state index contributed by atoms with van der Waals surface area (Å²) >= 11 is 0. The Morgan fingerprint density at radius 3 is 1.94 bits per heavy atom. The zero-order valence-electron chi connectivity index (χ0n) is 37.8. The molecule has 0 saturated carbocycles. The van der Waals surface area contributed by atoms with Gasteiger partial charge >= 0.3 is 6.03 Å². The largest absolute Gasteiger partial charge is 0.497 e. The summed E-state index contributed by atoms with van der Waals surface area (Å²) in [4.78, 5) is 27.4. The van der Waals surface area contributed by atoms with Crippen LogP contribution in [0, 0.1) is 18.8 Å². The van der Waals surface area contributed by atoms with E-state index in [9.17, 15) is 9.59 Å². The summed E-state index contributed by atoms with van der Waals surface area (Å²) in [6.45, 7) is 9.74. The molecule has 2 aliphatic heterocycles. The predicted molar refractivity (Wildman–Crippen MR) is 241 cm³/mol. The van der Waals surface area contributed by atoms with E-state index in [2.05, 4.69) is 36.7 Å². The smallest absolute Gasteiger partial charge is 0.319 e. The van der Waals surface area contributed by atoms with E-state index >= 15 is 0 Å². The maximum Gasteiger partial charge on any atom is 0.319 e. The molecule has 5 N–H and O–H groups in total. The highest BCUT2D eigenvalue weighted by molar-refractivity contribution is 5.89. The molecular formula is C49H72N4O9. The van der Waals surface area contributed by atoms with Gasteiger partial charge in [-0.05, 0) is 78.3 Å². The van der Waals surface area contributed by atoms with E-state index in [4.69, 9.17) is 38.9 Å². The number of benzene rings is 3. The van der Waals surface area contributed by atoms with Gasteiger partial charge in [0.25, 0.3) is 0 Å². The molecule has 3 aromatic rings. The zero-order chi connectivity index (χ0) is 44.3. The molecule has 2 heterocycles. The number of unbranched alkanes of at least 4 members (excludes halogenated alkanes) is 7. The van der Waals surface area contributed by atoms with Crippen LogP contribution in [0.4, 0.5) is 10.5 Å². The third-order valence-electron chi connectivity index (χ3n) is 12.1. The van der Waals surface area contributed by atoms with Gasteiger partial charge in [-0.3, -0.25) is 4.79 Å². The molecule has 0 radical (unpaired) electrons. The summed E-state index contributed by atoms with van der Waals surface area (Å²) in [5.74, 6) is 1.30. The minimum atomic E-state index is -0.943. The number of anilines is 1. The van der Waals surface area contributed by atoms with E-state index in [0.29, 0.717) is 31.9 Å². The Morgan fingerprint density at radius 2 is 1.34 bits per heavy atom. The van der Waals surface area contributed by atoms with Crippen molar-refractivity contribution < 1.29 is 42.7 Å². The quantitative estimate of drug-likeness (QED) is 0.0649. The lowest BCUT2D eigenvalue weighted by atomic mass is 9.82. The molecule has 4 unspecified atom stereocenters. The van der Waals surface area contributed by atoms with E-state index < -0.39 is 36.6 Å². The Labute approximate surface area is 369 Å². The molecule has 62 heavy (non-hydrogen) atoms. The highest BCUT2D eigenvalue weighted by Crippen LogP contribution is 2.34. The van der Waals surface area contributed by atoms with Gasteiger partial charge in [-0.15, -0.1) is 0 Å². The second kappa shape index (κ2) is 25.8. The summed E-state index contributed by atoms with van der Waals surface area (Å²) in [7, 11) is 3.27. The van der Waals surface area contributed by atoms with Crippen molar-refractivity contribution in [1.82, 2.24) is 10.6 Å². The fourth-order valence-corrected chi connectivity index (χ4v) is 8.13. The zero-order valence-corrected chi connectivity index (χ0v) is 37.8. The standard InChI is InChI=1S/C49H72N4O9/c1-7-8-9-10-11-12-13-14-18-44(54)52-46-43(32-59-29-37-21-25-40(57-6)26-22-37)60-30-41(50)47(46)62-48-45(53-49(55)51-38-17-15-16-33(2)27-38)35(4)34(3)42(61-48)31-58-28-36-19-23-39(56-5)24-20-36/h15-17,19-27,34-35,41-43,45-48H,7-14,18,28-32,50H2,1-6H3,(H,52,54)(H2,51,53,55)/t34-,35+,41?,42?,43?,45?,46+,47-,48+/m1/s1. The summed E-state index contributed by atoms with van der Waals surface area (Å²) in [6.07, 6.45) is 6.78. The number of nitrogens with one attached hydrogen (secondary N) is 3. The van der Waals surface area contributed by atoms with Crippen LogP contribution in [-0.4, -0.2) is 88.7 Å². The van der Waals surface area contributed by atoms with Crippen molar-refractivity contribution in [1.29, 1.82) is 0 Å². The molecule has 0 aliphatic carbocycles. The topological polar surface area (TPSA) is 161 Å². The minimum absolute atomic E-state index is 0.0282. The van der Waals surface area contributed by atoms with Gasteiger partial charge in [-0.2, -0.15) is 0 Å². The molecule has 0 aromatic heterocycles. The van der Waals surface area contributed by atoms with Crippen LogP contribution in [0.3, 0.4) is 0 Å². The average Bonchev–Trinajstić information content (AvgIpc) is 3.27. The molecule has 5 rings (SSSR count). The van der Waals surface area contributed by atoms with Gasteiger partial charge in [-0.25, -0.2) is 4.79 Å². The minimum Gasteiger partial charge on any atom is -0.497 e. The van der Waals surface area contributed by atoms with Crippen LogP contribution < -0.4 is 31.2 Å². The molecule has 342 valence electrons. The molecule has 13 heteroatoms. The number of hydrogen-bond acceptors (Lipinski definition) is 10. The number of urea groups is 1. The number of hydrogen-bond donors (Lipinski definition) is 4. The first kappa shape index (κ1) is 48.8. The Kier molecular flexibility index (Phi) is 20.3. The fraction of sp³-hybridized carbons (Fsp3) is 0.592. The van der Waals surface area contributed by atoms with Crippen LogP contribution in [0.2, 0.25) is 0 Å². The third-order valence-corrected chi connectivity index (χ3v) is 12.1. The van der Waals surface area contributed by atoms with Crippen molar-refractivity contribution >= 4 is 17.6 Å². The molecule has 3 amide bonds. The number of ether oxygens (including phenoxy) is 7. The van der Waals surface area contributed by atoms with Crippen LogP contribution in [0.15, 0.2) is 72.8 Å². The Morgan fingerprint density at radius 1 is 0.742 bits per heavy atom. The lowest BCUT2D eigenvalue weighted by Gasteiger charge is -2.48. The Hall–Kier alpha value is -4.24. The van der Waals surface area contributed by atoms with Crippen molar-refractivity contribution in [2.75, 3.05) is 39.4 Å². The lowest BCUT2D eigenvalue weighted by molar-refractivity contribution is -0.275. The SMILES string of the molecule is CCCCCCCCCCC(=O)N[C@H]1C(COCc2ccc(OC)cc2)OCC(N)[C@H]1O[C@@H]1OC(COCc2ccc(OC)cc2)[C@H](C)[C@H](C)C1NC(=O)Nc1cccc(C)c1. The van der Waals surface area contributed by atoms with E-state index in [1.165, 1.54) is 32.1 Å². The number of rotatable bonds is 24. The number of amides is 3. The van der Waals surface area contributed by atoms with Gasteiger partial charge in [0.2, 0.25) is 5.91 Å². The normalized spacial score (nSPS) is 24.9. The highest BCUT2D eigenvalue weighted by atomic mass is 16.7. The van der Waals surface area contributed by atoms with Crippen molar-refractivity contribution in [2.45, 2.75) is 141 Å². The molecule has 3 aromatic carbocycles. The Balaban J connectivity index is 1.33.